The first-order chi connectivity index (χ1) is 6.69. The van der Waals surface area contributed by atoms with Gasteiger partial charge in [-0.2, -0.15) is 13.2 Å². The highest BCUT2D eigenvalue weighted by Gasteiger charge is 2.52. The highest BCUT2D eigenvalue weighted by Crippen LogP contribution is 2.30. The van der Waals surface area contributed by atoms with Crippen LogP contribution in [-0.4, -0.2) is 51.8 Å². The van der Waals surface area contributed by atoms with Crippen LogP contribution in [0.3, 0.4) is 0 Å². The van der Waals surface area contributed by atoms with Crippen LogP contribution < -0.4 is 0 Å². The molecule has 0 bridgehead atoms. The summed E-state index contributed by atoms with van der Waals surface area (Å²) in [7, 11) is 0.796. The Hall–Kier alpha value is -0.860. The fourth-order valence-electron chi connectivity index (χ4n) is 1.47. The summed E-state index contributed by atoms with van der Waals surface area (Å²) in [5.74, 6) is -4.45. The Morgan fingerprint density at radius 2 is 2.07 bits per heavy atom. The van der Waals surface area contributed by atoms with Crippen LogP contribution in [-0.2, 0) is 4.79 Å². The van der Waals surface area contributed by atoms with E-state index in [4.69, 9.17) is 5.21 Å². The molecule has 1 unspecified atom stereocenters. The molecule has 0 spiro atoms. The van der Waals surface area contributed by atoms with Crippen molar-refractivity contribution in [2.75, 3.05) is 13.6 Å². The van der Waals surface area contributed by atoms with E-state index in [0.717, 1.165) is 7.05 Å². The molecule has 1 rings (SSSR count). The van der Waals surface area contributed by atoms with Gasteiger partial charge in [0.05, 0.1) is 0 Å². The second-order valence-corrected chi connectivity index (χ2v) is 3.36. The SMILES string of the molecule is CN(C(=O)C(F)(F)F)C1(O)CCCN1O. The van der Waals surface area contributed by atoms with E-state index < -0.39 is 17.9 Å². The average Bonchev–Trinajstić information content (AvgIpc) is 2.44. The quantitative estimate of drug-likeness (QED) is 0.626. The number of alkyl halides is 3. The van der Waals surface area contributed by atoms with E-state index in [-0.39, 0.29) is 17.9 Å². The lowest BCUT2D eigenvalue weighted by atomic mass is 10.2. The fourth-order valence-corrected chi connectivity index (χ4v) is 1.47. The number of hydrogen-bond acceptors (Lipinski definition) is 4. The fraction of sp³-hybridized carbons (Fsp3) is 0.857. The van der Waals surface area contributed by atoms with Crippen molar-refractivity contribution >= 4 is 5.91 Å². The lowest BCUT2D eigenvalue weighted by Gasteiger charge is -2.37. The predicted molar refractivity (Wildman–Crippen MR) is 41.5 cm³/mol. The van der Waals surface area contributed by atoms with Crippen LogP contribution >= 0.6 is 0 Å². The number of hydroxylamine groups is 2. The molecule has 5 nitrogen and oxygen atoms in total. The second kappa shape index (κ2) is 3.62. The molecule has 0 aromatic rings. The first-order valence-electron chi connectivity index (χ1n) is 4.23. The van der Waals surface area contributed by atoms with Crippen molar-refractivity contribution in [1.82, 2.24) is 9.96 Å². The van der Waals surface area contributed by atoms with Crippen molar-refractivity contribution in [2.45, 2.75) is 24.9 Å². The summed E-state index contributed by atoms with van der Waals surface area (Å²) in [6, 6.07) is 0. The molecule has 1 atom stereocenters. The van der Waals surface area contributed by atoms with Crippen molar-refractivity contribution in [1.29, 1.82) is 0 Å². The van der Waals surface area contributed by atoms with Gasteiger partial charge in [-0.15, -0.1) is 5.06 Å². The maximum Gasteiger partial charge on any atom is 0.471 e. The third kappa shape index (κ3) is 2.06. The summed E-state index contributed by atoms with van der Waals surface area (Å²) in [5, 5.41) is 19.1. The summed E-state index contributed by atoms with van der Waals surface area (Å²) >= 11 is 0. The van der Waals surface area contributed by atoms with Crippen molar-refractivity contribution in [3.05, 3.63) is 0 Å². The van der Waals surface area contributed by atoms with E-state index >= 15 is 0 Å². The number of carbonyl (C=O) groups excluding carboxylic acids is 1. The first-order valence-corrected chi connectivity index (χ1v) is 4.23. The highest BCUT2D eigenvalue weighted by molar-refractivity contribution is 5.82. The first kappa shape index (κ1) is 12.2. The molecule has 8 heteroatoms. The van der Waals surface area contributed by atoms with Crippen LogP contribution in [0.2, 0.25) is 0 Å². The number of nitrogens with zero attached hydrogens (tertiary/aromatic N) is 2. The van der Waals surface area contributed by atoms with Crippen LogP contribution in [0.1, 0.15) is 12.8 Å². The number of amides is 1. The number of carbonyl (C=O) groups is 1. The summed E-state index contributed by atoms with van der Waals surface area (Å²) < 4.78 is 36.1. The minimum Gasteiger partial charge on any atom is -0.357 e. The standard InChI is InChI=1S/C7H11F3N2O3/c1-11(5(13)7(8,9)10)6(14)3-2-4-12(6)15/h14-15H,2-4H2,1H3. The monoisotopic (exact) mass is 228 g/mol. The highest BCUT2D eigenvalue weighted by atomic mass is 19.4. The molecule has 1 saturated heterocycles. The zero-order valence-corrected chi connectivity index (χ0v) is 7.95. The minimum atomic E-state index is -5.06. The van der Waals surface area contributed by atoms with Crippen LogP contribution in [0.5, 0.6) is 0 Å². The van der Waals surface area contributed by atoms with Crippen molar-refractivity contribution < 1.29 is 28.3 Å². The zero-order valence-electron chi connectivity index (χ0n) is 7.95. The number of rotatable bonds is 1. The van der Waals surface area contributed by atoms with Crippen LogP contribution in [0.25, 0.3) is 0 Å². The van der Waals surface area contributed by atoms with Crippen LogP contribution in [0, 0.1) is 0 Å². The molecule has 1 amide bonds. The van der Waals surface area contributed by atoms with E-state index in [1.54, 1.807) is 0 Å². The molecule has 0 aromatic heterocycles. The predicted octanol–water partition coefficient (Wildman–Crippen LogP) is 0.138. The van der Waals surface area contributed by atoms with E-state index in [0.29, 0.717) is 11.5 Å². The number of hydrogen-bond donors (Lipinski definition) is 2. The molecule has 0 aromatic carbocycles. The van der Waals surface area contributed by atoms with E-state index in [1.165, 1.54) is 0 Å². The Labute approximate surface area is 83.6 Å². The maximum absolute atomic E-state index is 12.0. The van der Waals surface area contributed by atoms with Crippen LogP contribution in [0.15, 0.2) is 0 Å². The van der Waals surface area contributed by atoms with Gasteiger partial charge < -0.3 is 10.3 Å². The van der Waals surface area contributed by atoms with E-state index in [1.807, 2.05) is 0 Å². The topological polar surface area (TPSA) is 64.0 Å². The van der Waals surface area contributed by atoms with Gasteiger partial charge in [0, 0.05) is 20.0 Å². The third-order valence-electron chi connectivity index (χ3n) is 2.38. The van der Waals surface area contributed by atoms with Crippen molar-refractivity contribution in [3.8, 4) is 0 Å². The lowest BCUT2D eigenvalue weighted by Crippen LogP contribution is -2.59. The largest absolute Gasteiger partial charge is 0.471 e. The molecule has 0 aliphatic carbocycles. The molecule has 2 N–H and O–H groups in total. The summed E-state index contributed by atoms with van der Waals surface area (Å²) in [6.45, 7) is 0.0198. The summed E-state index contributed by atoms with van der Waals surface area (Å²) in [6.07, 6.45) is -4.88. The molecule has 0 radical (unpaired) electrons. The zero-order chi connectivity index (χ0) is 11.9. The average molecular weight is 228 g/mol. The van der Waals surface area contributed by atoms with Crippen LogP contribution in [0.4, 0.5) is 13.2 Å². The molecule has 1 fully saturated rings. The van der Waals surface area contributed by atoms with Gasteiger partial charge in [-0.1, -0.05) is 0 Å². The van der Waals surface area contributed by atoms with Crippen molar-refractivity contribution in [3.63, 3.8) is 0 Å². The number of halogens is 3. The molecular formula is C7H11F3N2O3. The maximum atomic E-state index is 12.0. The Bertz CT molecular complexity index is 271. The van der Waals surface area contributed by atoms with E-state index in [9.17, 15) is 23.1 Å². The van der Waals surface area contributed by atoms with Gasteiger partial charge in [0.2, 0.25) is 5.85 Å². The Balaban J connectivity index is 2.84. The molecule has 1 heterocycles. The van der Waals surface area contributed by atoms with Gasteiger partial charge in [-0.3, -0.25) is 9.69 Å². The molecule has 1 aliphatic rings. The molecule has 0 saturated carbocycles. The third-order valence-corrected chi connectivity index (χ3v) is 2.38. The molecule has 88 valence electrons. The smallest absolute Gasteiger partial charge is 0.357 e. The lowest BCUT2D eigenvalue weighted by molar-refractivity contribution is -0.300. The summed E-state index contributed by atoms with van der Waals surface area (Å²) in [5.41, 5.74) is 0. The van der Waals surface area contributed by atoms with Crippen molar-refractivity contribution in [2.24, 2.45) is 0 Å². The Morgan fingerprint density at radius 3 is 2.40 bits per heavy atom. The molecule has 15 heavy (non-hydrogen) atoms. The van der Waals surface area contributed by atoms with Gasteiger partial charge in [0.1, 0.15) is 0 Å². The molecule has 1 aliphatic heterocycles. The van der Waals surface area contributed by atoms with Gasteiger partial charge in [-0.25, -0.2) is 0 Å². The van der Waals surface area contributed by atoms with Gasteiger partial charge >= 0.3 is 12.1 Å². The Kier molecular flexibility index (Phi) is 2.94. The van der Waals surface area contributed by atoms with E-state index in [2.05, 4.69) is 0 Å². The summed E-state index contributed by atoms with van der Waals surface area (Å²) in [4.78, 5) is 10.9. The van der Waals surface area contributed by atoms with Gasteiger partial charge in [-0.05, 0) is 6.42 Å². The molecular weight excluding hydrogens is 217 g/mol. The minimum absolute atomic E-state index is 0.0198. The van der Waals surface area contributed by atoms with Gasteiger partial charge in [0.15, 0.2) is 0 Å². The Morgan fingerprint density at radius 1 is 1.53 bits per heavy atom. The second-order valence-electron chi connectivity index (χ2n) is 3.36. The van der Waals surface area contributed by atoms with Gasteiger partial charge in [0.25, 0.3) is 0 Å². The normalized spacial score (nSPS) is 28.1. The number of aliphatic hydroxyl groups is 1.